The smallest absolute Gasteiger partial charge is 0.451 e. The van der Waals surface area contributed by atoms with Gasteiger partial charge in [0.2, 0.25) is 0 Å². The molecule has 0 saturated heterocycles. The second-order valence-corrected chi connectivity index (χ2v) is 2.27. The lowest BCUT2D eigenvalue weighted by atomic mass is 10.3. The fourth-order valence-electron chi connectivity index (χ4n) is 0.710. The Kier molecular flexibility index (Phi) is 2.69. The summed E-state index contributed by atoms with van der Waals surface area (Å²) in [5.41, 5.74) is 0. The van der Waals surface area contributed by atoms with Crippen LogP contribution >= 0.6 is 0 Å². The van der Waals surface area contributed by atoms with Crippen molar-refractivity contribution in [3.8, 4) is 0 Å². The summed E-state index contributed by atoms with van der Waals surface area (Å²) in [5.74, 6) is -1.24. The van der Waals surface area contributed by atoms with Gasteiger partial charge in [0.1, 0.15) is 6.26 Å². The van der Waals surface area contributed by atoms with E-state index >= 15 is 0 Å². The van der Waals surface area contributed by atoms with Gasteiger partial charge >= 0.3 is 11.8 Å². The normalized spacial score (nSPS) is 12.1. The van der Waals surface area contributed by atoms with Crippen LogP contribution in [0.1, 0.15) is 18.8 Å². The highest BCUT2D eigenvalue weighted by atomic mass is 16.6. The lowest BCUT2D eigenvalue weighted by Crippen LogP contribution is -2.05. The molecule has 70 valence electrons. The van der Waals surface area contributed by atoms with E-state index in [2.05, 4.69) is 15.4 Å². The molecule has 0 aliphatic carbocycles. The average Bonchev–Trinajstić information content (AvgIpc) is 2.51. The number of hydrogen-bond donors (Lipinski definition) is 0. The third kappa shape index (κ3) is 2.33. The van der Waals surface area contributed by atoms with Crippen LogP contribution in [-0.4, -0.2) is 5.97 Å². The van der Waals surface area contributed by atoms with Crippen molar-refractivity contribution in [2.24, 2.45) is 0 Å². The van der Waals surface area contributed by atoms with Gasteiger partial charge in [-0.15, -0.1) is 0 Å². The highest BCUT2D eigenvalue weighted by Crippen LogP contribution is 2.14. The van der Waals surface area contributed by atoms with Crippen LogP contribution in [-0.2, 0) is 9.53 Å². The van der Waals surface area contributed by atoms with Gasteiger partial charge in [-0.25, -0.2) is 9.59 Å². The van der Waals surface area contributed by atoms with Gasteiger partial charge in [-0.1, -0.05) is 6.58 Å². The second-order valence-electron chi connectivity index (χ2n) is 2.27. The first-order valence-corrected chi connectivity index (χ1v) is 3.55. The molecule has 0 fully saturated rings. The zero-order valence-electron chi connectivity index (χ0n) is 6.98. The molecule has 0 N–H and O–H groups in total. The number of carbonyl (C=O) groups is 1. The van der Waals surface area contributed by atoms with Crippen molar-refractivity contribution >= 4 is 5.97 Å². The van der Waals surface area contributed by atoms with Crippen LogP contribution in [0.5, 0.6) is 0 Å². The quantitative estimate of drug-likeness (QED) is 0.518. The second kappa shape index (κ2) is 3.75. The first-order valence-electron chi connectivity index (χ1n) is 3.55. The summed E-state index contributed by atoms with van der Waals surface area (Å²) < 4.78 is 13.7. The Labute approximate surface area is 73.6 Å². The maximum Gasteiger partial charge on any atom is 0.518 e. The molecule has 5 nitrogen and oxygen atoms in total. The van der Waals surface area contributed by atoms with Crippen LogP contribution in [0.4, 0.5) is 0 Å². The molecule has 0 aliphatic rings. The highest BCUT2D eigenvalue weighted by molar-refractivity contribution is 5.81. The van der Waals surface area contributed by atoms with Gasteiger partial charge in [0, 0.05) is 6.08 Å². The van der Waals surface area contributed by atoms with E-state index in [0.717, 1.165) is 12.3 Å². The summed E-state index contributed by atoms with van der Waals surface area (Å²) in [6.45, 7) is 4.77. The maximum atomic E-state index is 10.7. The standard InChI is InChI=1S/C8H8O5/c1-3-7(9)12-5(2)6-4-11-8(10)13-6/h3-5H,1H2,2H3. The van der Waals surface area contributed by atoms with Gasteiger partial charge < -0.3 is 13.6 Å². The molecule has 1 aromatic heterocycles. The van der Waals surface area contributed by atoms with Crippen molar-refractivity contribution in [2.45, 2.75) is 13.0 Å². The predicted molar refractivity (Wildman–Crippen MR) is 41.9 cm³/mol. The summed E-state index contributed by atoms with van der Waals surface area (Å²) >= 11 is 0. The molecule has 1 aromatic rings. The Morgan fingerprint density at radius 3 is 2.92 bits per heavy atom. The van der Waals surface area contributed by atoms with Crippen LogP contribution in [0.25, 0.3) is 0 Å². The molecule has 1 unspecified atom stereocenters. The lowest BCUT2D eigenvalue weighted by Gasteiger charge is -2.06. The highest BCUT2D eigenvalue weighted by Gasteiger charge is 2.14. The van der Waals surface area contributed by atoms with Gasteiger partial charge in [0.25, 0.3) is 0 Å². The maximum absolute atomic E-state index is 10.7. The molecule has 0 bridgehead atoms. The Bertz CT molecular complexity index is 359. The van der Waals surface area contributed by atoms with Crippen molar-refractivity contribution in [1.29, 1.82) is 0 Å². The summed E-state index contributed by atoms with van der Waals surface area (Å²) in [6.07, 6.45) is 1.47. The summed E-state index contributed by atoms with van der Waals surface area (Å²) in [4.78, 5) is 21.2. The molecule has 5 heteroatoms. The van der Waals surface area contributed by atoms with Gasteiger partial charge in [-0.05, 0) is 6.92 Å². The largest absolute Gasteiger partial charge is 0.518 e. The molecule has 0 radical (unpaired) electrons. The third-order valence-electron chi connectivity index (χ3n) is 1.33. The predicted octanol–water partition coefficient (Wildman–Crippen LogP) is 1.02. The van der Waals surface area contributed by atoms with Crippen LogP contribution in [0.2, 0.25) is 0 Å². The Balaban J connectivity index is 2.68. The summed E-state index contributed by atoms with van der Waals surface area (Å²) in [7, 11) is 0. The fourth-order valence-corrected chi connectivity index (χ4v) is 0.710. The van der Waals surface area contributed by atoms with Crippen molar-refractivity contribution in [2.75, 3.05) is 0 Å². The van der Waals surface area contributed by atoms with Crippen LogP contribution < -0.4 is 5.82 Å². The third-order valence-corrected chi connectivity index (χ3v) is 1.33. The number of esters is 1. The molecule has 1 atom stereocenters. The number of carbonyl (C=O) groups excluding carboxylic acids is 1. The minimum atomic E-state index is -0.823. The Hall–Kier alpha value is -1.78. The van der Waals surface area contributed by atoms with E-state index in [1.807, 2.05) is 0 Å². The van der Waals surface area contributed by atoms with Gasteiger partial charge in [-0.2, -0.15) is 0 Å². The molecule has 0 aromatic carbocycles. The zero-order valence-corrected chi connectivity index (χ0v) is 6.98. The zero-order chi connectivity index (χ0) is 9.84. The fraction of sp³-hybridized carbons (Fsp3) is 0.250. The van der Waals surface area contributed by atoms with E-state index < -0.39 is 17.9 Å². The van der Waals surface area contributed by atoms with Crippen molar-refractivity contribution in [3.63, 3.8) is 0 Å². The molecule has 0 aliphatic heterocycles. The van der Waals surface area contributed by atoms with Gasteiger partial charge in [-0.3, -0.25) is 0 Å². The van der Waals surface area contributed by atoms with Crippen LogP contribution in [0.15, 0.2) is 32.5 Å². The lowest BCUT2D eigenvalue weighted by molar-refractivity contribution is -0.143. The molecule has 0 amide bonds. The monoisotopic (exact) mass is 184 g/mol. The first kappa shape index (κ1) is 9.31. The SMILES string of the molecule is C=CC(=O)OC(C)c1coc(=O)o1. The van der Waals surface area contributed by atoms with E-state index in [-0.39, 0.29) is 5.76 Å². The van der Waals surface area contributed by atoms with Crippen LogP contribution in [0.3, 0.4) is 0 Å². The number of ether oxygens (including phenoxy) is 1. The molecule has 1 rings (SSSR count). The summed E-state index contributed by atoms with van der Waals surface area (Å²) in [6, 6.07) is 0. The van der Waals surface area contributed by atoms with Gasteiger partial charge in [0.05, 0.1) is 0 Å². The van der Waals surface area contributed by atoms with E-state index in [0.29, 0.717) is 0 Å². The van der Waals surface area contributed by atoms with Crippen molar-refractivity contribution < 1.29 is 18.4 Å². The molecular weight excluding hydrogens is 176 g/mol. The van der Waals surface area contributed by atoms with Crippen LogP contribution in [0, 0.1) is 0 Å². The van der Waals surface area contributed by atoms with E-state index in [9.17, 15) is 9.59 Å². The topological polar surface area (TPSA) is 69.7 Å². The minimum Gasteiger partial charge on any atom is -0.451 e. The molecule has 1 heterocycles. The molecule has 13 heavy (non-hydrogen) atoms. The molecule has 0 spiro atoms. The van der Waals surface area contributed by atoms with E-state index in [4.69, 9.17) is 4.74 Å². The Morgan fingerprint density at radius 1 is 1.77 bits per heavy atom. The molecule has 0 saturated carbocycles. The van der Waals surface area contributed by atoms with E-state index in [1.165, 1.54) is 0 Å². The van der Waals surface area contributed by atoms with E-state index in [1.54, 1.807) is 6.92 Å². The van der Waals surface area contributed by atoms with Crippen molar-refractivity contribution in [3.05, 3.63) is 35.3 Å². The number of hydrogen-bond acceptors (Lipinski definition) is 5. The minimum absolute atomic E-state index is 0.167. The van der Waals surface area contributed by atoms with Crippen molar-refractivity contribution in [1.82, 2.24) is 0 Å². The summed E-state index contributed by atoms with van der Waals surface area (Å²) in [5, 5.41) is 0. The van der Waals surface area contributed by atoms with Gasteiger partial charge in [0.15, 0.2) is 11.9 Å². The first-order chi connectivity index (χ1) is 6.13. The Morgan fingerprint density at radius 2 is 2.46 bits per heavy atom. The average molecular weight is 184 g/mol. The number of rotatable bonds is 3. The molecular formula is C8H8O5.